The van der Waals surface area contributed by atoms with Gasteiger partial charge in [0, 0.05) is 12.6 Å². The van der Waals surface area contributed by atoms with Gasteiger partial charge in [0.05, 0.1) is 11.6 Å². The third-order valence-electron chi connectivity index (χ3n) is 4.10. The summed E-state index contributed by atoms with van der Waals surface area (Å²) in [5, 5.41) is 3.10. The van der Waals surface area contributed by atoms with Crippen molar-refractivity contribution in [3.8, 4) is 0 Å². The van der Waals surface area contributed by atoms with Crippen molar-refractivity contribution in [1.29, 1.82) is 0 Å². The Balaban J connectivity index is 2.45. The van der Waals surface area contributed by atoms with Gasteiger partial charge in [-0.15, -0.1) is 0 Å². The fourth-order valence-electron chi connectivity index (χ4n) is 2.58. The van der Waals surface area contributed by atoms with E-state index in [9.17, 15) is 4.79 Å². The summed E-state index contributed by atoms with van der Waals surface area (Å²) < 4.78 is 5.92. The van der Waals surface area contributed by atoms with Crippen LogP contribution >= 0.6 is 11.8 Å². The maximum Gasteiger partial charge on any atom is 0.237 e. The number of carbonyl (C=O) groups is 1. The standard InChI is InChI=1S/C14H28N2O2S/c1-4-14(5-2)10-11(6-8-18-14)16-13(17)12(15)7-9-19-3/h11-12H,4-10,15H2,1-3H3,(H,16,17)/t11?,12-/m1/s1. The Labute approximate surface area is 121 Å². The molecule has 1 saturated heterocycles. The molecular formula is C14H28N2O2S. The molecule has 1 rings (SSSR count). The van der Waals surface area contributed by atoms with E-state index >= 15 is 0 Å². The van der Waals surface area contributed by atoms with Gasteiger partial charge in [-0.25, -0.2) is 0 Å². The molecule has 1 aliphatic rings. The zero-order valence-electron chi connectivity index (χ0n) is 12.4. The lowest BCUT2D eigenvalue weighted by Crippen LogP contribution is -2.51. The number of thioether (sulfide) groups is 1. The summed E-state index contributed by atoms with van der Waals surface area (Å²) in [5.74, 6) is 0.915. The zero-order chi connectivity index (χ0) is 14.3. The molecule has 19 heavy (non-hydrogen) atoms. The molecule has 1 unspecified atom stereocenters. The topological polar surface area (TPSA) is 64.4 Å². The molecule has 1 aliphatic heterocycles. The lowest BCUT2D eigenvalue weighted by atomic mass is 9.86. The second kappa shape index (κ2) is 8.12. The number of amides is 1. The molecule has 112 valence electrons. The van der Waals surface area contributed by atoms with Crippen LogP contribution in [0.5, 0.6) is 0 Å². The highest BCUT2D eigenvalue weighted by molar-refractivity contribution is 7.98. The highest BCUT2D eigenvalue weighted by Gasteiger charge is 2.35. The molecule has 0 radical (unpaired) electrons. The van der Waals surface area contributed by atoms with Crippen molar-refractivity contribution in [2.24, 2.45) is 5.73 Å². The van der Waals surface area contributed by atoms with Crippen molar-refractivity contribution >= 4 is 17.7 Å². The van der Waals surface area contributed by atoms with Gasteiger partial charge in [-0.1, -0.05) is 13.8 Å². The van der Waals surface area contributed by atoms with Crippen molar-refractivity contribution in [2.75, 3.05) is 18.6 Å². The first-order valence-corrected chi connectivity index (χ1v) is 8.65. The maximum absolute atomic E-state index is 12.0. The van der Waals surface area contributed by atoms with Crippen molar-refractivity contribution in [2.45, 2.75) is 63.6 Å². The molecule has 5 heteroatoms. The van der Waals surface area contributed by atoms with Crippen LogP contribution in [0.1, 0.15) is 46.0 Å². The largest absolute Gasteiger partial charge is 0.375 e. The van der Waals surface area contributed by atoms with E-state index in [4.69, 9.17) is 10.5 Å². The van der Waals surface area contributed by atoms with Gasteiger partial charge in [-0.2, -0.15) is 11.8 Å². The third-order valence-corrected chi connectivity index (χ3v) is 4.74. The van der Waals surface area contributed by atoms with E-state index in [0.717, 1.165) is 44.5 Å². The van der Waals surface area contributed by atoms with Gasteiger partial charge in [0.15, 0.2) is 0 Å². The second-order valence-electron chi connectivity index (χ2n) is 5.32. The molecule has 0 saturated carbocycles. The Bertz CT molecular complexity index is 283. The van der Waals surface area contributed by atoms with E-state index in [1.165, 1.54) is 0 Å². The predicted molar refractivity (Wildman–Crippen MR) is 81.4 cm³/mol. The highest BCUT2D eigenvalue weighted by atomic mass is 32.2. The number of nitrogens with one attached hydrogen (secondary N) is 1. The zero-order valence-corrected chi connectivity index (χ0v) is 13.2. The van der Waals surface area contributed by atoms with Crippen LogP contribution < -0.4 is 11.1 Å². The molecule has 0 aromatic heterocycles. The Morgan fingerprint density at radius 3 is 2.79 bits per heavy atom. The summed E-state index contributed by atoms with van der Waals surface area (Å²) in [6.07, 6.45) is 6.55. The van der Waals surface area contributed by atoms with Crippen LogP contribution in [0.2, 0.25) is 0 Å². The number of nitrogens with two attached hydrogens (primary N) is 1. The second-order valence-corrected chi connectivity index (χ2v) is 6.31. The SMILES string of the molecule is CCC1(CC)CC(NC(=O)[C@H](N)CCSC)CCO1. The van der Waals surface area contributed by atoms with E-state index in [1.54, 1.807) is 11.8 Å². The first kappa shape index (κ1) is 16.8. The molecule has 0 aromatic rings. The fourth-order valence-corrected chi connectivity index (χ4v) is 3.07. The van der Waals surface area contributed by atoms with Gasteiger partial charge < -0.3 is 15.8 Å². The molecule has 0 bridgehead atoms. The van der Waals surface area contributed by atoms with Crippen molar-refractivity contribution in [3.05, 3.63) is 0 Å². The molecule has 0 spiro atoms. The number of hydrogen-bond acceptors (Lipinski definition) is 4. The van der Waals surface area contributed by atoms with Crippen LogP contribution in [-0.4, -0.2) is 42.2 Å². The van der Waals surface area contributed by atoms with Crippen molar-refractivity contribution in [1.82, 2.24) is 5.32 Å². The van der Waals surface area contributed by atoms with Gasteiger partial charge in [0.25, 0.3) is 0 Å². The molecule has 0 aliphatic carbocycles. The lowest BCUT2D eigenvalue weighted by molar-refractivity contribution is -0.127. The molecule has 1 fully saturated rings. The first-order chi connectivity index (χ1) is 9.06. The van der Waals surface area contributed by atoms with Gasteiger partial charge in [0.1, 0.15) is 0 Å². The van der Waals surface area contributed by atoms with Gasteiger partial charge in [-0.3, -0.25) is 4.79 Å². The fraction of sp³-hybridized carbons (Fsp3) is 0.929. The van der Waals surface area contributed by atoms with Crippen molar-refractivity contribution < 1.29 is 9.53 Å². The molecule has 3 N–H and O–H groups in total. The average Bonchev–Trinajstić information content (AvgIpc) is 2.44. The van der Waals surface area contributed by atoms with Crippen LogP contribution in [0.25, 0.3) is 0 Å². The smallest absolute Gasteiger partial charge is 0.237 e. The number of ether oxygens (including phenoxy) is 1. The minimum absolute atomic E-state index is 0.0120. The number of rotatable bonds is 7. The number of carbonyl (C=O) groups excluding carboxylic acids is 1. The predicted octanol–water partition coefficient (Wildman–Crippen LogP) is 1.92. The van der Waals surface area contributed by atoms with Gasteiger partial charge in [-0.05, 0) is 44.1 Å². The molecule has 1 heterocycles. The summed E-state index contributed by atoms with van der Waals surface area (Å²) in [6, 6.07) is -0.172. The van der Waals surface area contributed by atoms with Gasteiger partial charge in [0.2, 0.25) is 5.91 Å². The van der Waals surface area contributed by atoms with Crippen LogP contribution in [-0.2, 0) is 9.53 Å². The minimum atomic E-state index is -0.382. The third kappa shape index (κ3) is 4.97. The summed E-state index contributed by atoms with van der Waals surface area (Å²) in [6.45, 7) is 5.03. The minimum Gasteiger partial charge on any atom is -0.375 e. The normalized spacial score (nSPS) is 23.9. The van der Waals surface area contributed by atoms with E-state index in [0.29, 0.717) is 0 Å². The molecule has 1 amide bonds. The summed E-state index contributed by atoms with van der Waals surface area (Å²) in [4.78, 5) is 12.0. The summed E-state index contributed by atoms with van der Waals surface area (Å²) >= 11 is 1.72. The average molecular weight is 288 g/mol. The van der Waals surface area contributed by atoms with E-state index in [1.807, 2.05) is 6.26 Å². The van der Waals surface area contributed by atoms with Gasteiger partial charge >= 0.3 is 0 Å². The Morgan fingerprint density at radius 1 is 1.53 bits per heavy atom. The highest BCUT2D eigenvalue weighted by Crippen LogP contribution is 2.31. The Morgan fingerprint density at radius 2 is 2.21 bits per heavy atom. The molecule has 0 aromatic carbocycles. The summed E-state index contributed by atoms with van der Waals surface area (Å²) in [7, 11) is 0. The van der Waals surface area contributed by atoms with Crippen LogP contribution in [0.4, 0.5) is 0 Å². The van der Waals surface area contributed by atoms with Crippen LogP contribution in [0.3, 0.4) is 0 Å². The van der Waals surface area contributed by atoms with E-state index < -0.39 is 0 Å². The van der Waals surface area contributed by atoms with E-state index in [-0.39, 0.29) is 23.6 Å². The molecular weight excluding hydrogens is 260 g/mol. The number of hydrogen-bond donors (Lipinski definition) is 2. The lowest BCUT2D eigenvalue weighted by Gasteiger charge is -2.40. The van der Waals surface area contributed by atoms with Crippen LogP contribution in [0, 0.1) is 0 Å². The molecule has 4 nitrogen and oxygen atoms in total. The monoisotopic (exact) mass is 288 g/mol. The molecule has 2 atom stereocenters. The van der Waals surface area contributed by atoms with Crippen LogP contribution in [0.15, 0.2) is 0 Å². The Kier molecular flexibility index (Phi) is 7.18. The maximum atomic E-state index is 12.0. The first-order valence-electron chi connectivity index (χ1n) is 7.25. The van der Waals surface area contributed by atoms with E-state index in [2.05, 4.69) is 19.2 Å². The quantitative estimate of drug-likeness (QED) is 0.751. The van der Waals surface area contributed by atoms with Crippen molar-refractivity contribution in [3.63, 3.8) is 0 Å². The summed E-state index contributed by atoms with van der Waals surface area (Å²) in [5.41, 5.74) is 5.84. The Hall–Kier alpha value is -0.260.